The SMILES string of the molecule is COC(=O)c1ccc(OCC(=O)Nc2ccccc2C(C)C)c(OC)c1. The van der Waals surface area contributed by atoms with E-state index in [1.807, 2.05) is 24.3 Å². The fourth-order valence-electron chi connectivity index (χ4n) is 2.48. The van der Waals surface area contributed by atoms with Crippen molar-refractivity contribution < 1.29 is 23.8 Å². The van der Waals surface area contributed by atoms with Gasteiger partial charge >= 0.3 is 5.97 Å². The minimum Gasteiger partial charge on any atom is -0.493 e. The molecule has 1 N–H and O–H groups in total. The summed E-state index contributed by atoms with van der Waals surface area (Å²) in [5, 5.41) is 2.86. The molecule has 0 saturated carbocycles. The Balaban J connectivity index is 2.05. The molecule has 0 radical (unpaired) electrons. The highest BCUT2D eigenvalue weighted by Gasteiger charge is 2.14. The first-order valence-corrected chi connectivity index (χ1v) is 8.24. The molecule has 0 saturated heterocycles. The lowest BCUT2D eigenvalue weighted by Gasteiger charge is -2.15. The van der Waals surface area contributed by atoms with Crippen LogP contribution in [0.5, 0.6) is 11.5 Å². The van der Waals surface area contributed by atoms with Crippen LogP contribution in [-0.2, 0) is 9.53 Å². The van der Waals surface area contributed by atoms with Crippen molar-refractivity contribution in [1.29, 1.82) is 0 Å². The zero-order chi connectivity index (χ0) is 19.1. The molecule has 0 bridgehead atoms. The number of hydrogen-bond donors (Lipinski definition) is 1. The number of anilines is 1. The van der Waals surface area contributed by atoms with Gasteiger partial charge in [-0.3, -0.25) is 4.79 Å². The summed E-state index contributed by atoms with van der Waals surface area (Å²) in [6.07, 6.45) is 0. The van der Waals surface area contributed by atoms with Crippen molar-refractivity contribution in [2.75, 3.05) is 26.1 Å². The Kier molecular flexibility index (Phi) is 6.60. The summed E-state index contributed by atoms with van der Waals surface area (Å²) in [5.74, 6) is 0.254. The molecular weight excluding hydrogens is 334 g/mol. The number of methoxy groups -OCH3 is 2. The molecule has 0 spiro atoms. The van der Waals surface area contributed by atoms with E-state index in [1.54, 1.807) is 12.1 Å². The lowest BCUT2D eigenvalue weighted by molar-refractivity contribution is -0.118. The fourth-order valence-corrected chi connectivity index (χ4v) is 2.48. The minimum atomic E-state index is -0.474. The Morgan fingerprint density at radius 2 is 1.77 bits per heavy atom. The molecule has 0 unspecified atom stereocenters. The number of ether oxygens (including phenoxy) is 3. The first kappa shape index (κ1) is 19.3. The average Bonchev–Trinajstić information content (AvgIpc) is 2.65. The number of benzene rings is 2. The molecule has 26 heavy (non-hydrogen) atoms. The highest BCUT2D eigenvalue weighted by molar-refractivity contribution is 5.93. The van der Waals surface area contributed by atoms with Gasteiger partial charge in [0.05, 0.1) is 19.8 Å². The van der Waals surface area contributed by atoms with Crippen molar-refractivity contribution in [3.63, 3.8) is 0 Å². The van der Waals surface area contributed by atoms with Crippen LogP contribution in [0.1, 0.15) is 35.7 Å². The van der Waals surface area contributed by atoms with Gasteiger partial charge in [-0.1, -0.05) is 32.0 Å². The predicted octanol–water partition coefficient (Wildman–Crippen LogP) is 3.62. The Morgan fingerprint density at radius 3 is 2.42 bits per heavy atom. The minimum absolute atomic E-state index is 0.180. The first-order valence-electron chi connectivity index (χ1n) is 8.24. The Hall–Kier alpha value is -3.02. The molecule has 2 rings (SSSR count). The van der Waals surface area contributed by atoms with E-state index in [2.05, 4.69) is 23.9 Å². The van der Waals surface area contributed by atoms with Crippen molar-refractivity contribution in [3.05, 3.63) is 53.6 Å². The Morgan fingerprint density at radius 1 is 1.04 bits per heavy atom. The molecule has 0 aliphatic rings. The second-order valence-electron chi connectivity index (χ2n) is 5.94. The summed E-state index contributed by atoms with van der Waals surface area (Å²) in [4.78, 5) is 23.8. The number of amides is 1. The molecule has 6 heteroatoms. The fraction of sp³-hybridized carbons (Fsp3) is 0.300. The van der Waals surface area contributed by atoms with Crippen LogP contribution >= 0.6 is 0 Å². The number of carbonyl (C=O) groups is 2. The van der Waals surface area contributed by atoms with Crippen molar-refractivity contribution in [2.45, 2.75) is 19.8 Å². The van der Waals surface area contributed by atoms with Crippen LogP contribution in [0.25, 0.3) is 0 Å². The number of carbonyl (C=O) groups excluding carboxylic acids is 2. The van der Waals surface area contributed by atoms with Crippen LogP contribution in [0.15, 0.2) is 42.5 Å². The lowest BCUT2D eigenvalue weighted by atomic mass is 10.0. The molecule has 0 heterocycles. The summed E-state index contributed by atoms with van der Waals surface area (Å²) in [7, 11) is 2.76. The van der Waals surface area contributed by atoms with Crippen LogP contribution in [0, 0.1) is 0 Å². The normalized spacial score (nSPS) is 10.3. The topological polar surface area (TPSA) is 73.9 Å². The van der Waals surface area contributed by atoms with E-state index in [0.717, 1.165) is 11.3 Å². The number of esters is 1. The van der Waals surface area contributed by atoms with E-state index < -0.39 is 5.97 Å². The molecule has 0 aliphatic heterocycles. The summed E-state index contributed by atoms with van der Waals surface area (Å²) in [6.45, 7) is 3.95. The molecule has 0 fully saturated rings. The van der Waals surface area contributed by atoms with Gasteiger partial charge in [-0.05, 0) is 35.7 Å². The van der Waals surface area contributed by atoms with E-state index in [9.17, 15) is 9.59 Å². The van der Waals surface area contributed by atoms with E-state index >= 15 is 0 Å². The molecule has 1 amide bonds. The maximum absolute atomic E-state index is 12.2. The maximum atomic E-state index is 12.2. The monoisotopic (exact) mass is 357 g/mol. The molecule has 2 aromatic rings. The van der Waals surface area contributed by atoms with Crippen LogP contribution in [-0.4, -0.2) is 32.7 Å². The highest BCUT2D eigenvalue weighted by Crippen LogP contribution is 2.28. The van der Waals surface area contributed by atoms with Gasteiger partial charge in [0.2, 0.25) is 0 Å². The van der Waals surface area contributed by atoms with E-state index in [-0.39, 0.29) is 12.5 Å². The van der Waals surface area contributed by atoms with Gasteiger partial charge in [-0.2, -0.15) is 0 Å². The summed E-state index contributed by atoms with van der Waals surface area (Å²) < 4.78 is 15.4. The maximum Gasteiger partial charge on any atom is 0.337 e. The zero-order valence-electron chi connectivity index (χ0n) is 15.4. The third-order valence-corrected chi connectivity index (χ3v) is 3.80. The van der Waals surface area contributed by atoms with Gasteiger partial charge in [-0.15, -0.1) is 0 Å². The first-order chi connectivity index (χ1) is 12.5. The second kappa shape index (κ2) is 8.89. The van der Waals surface area contributed by atoms with Crippen molar-refractivity contribution in [2.24, 2.45) is 0 Å². The molecule has 0 atom stereocenters. The van der Waals surface area contributed by atoms with Crippen LogP contribution < -0.4 is 14.8 Å². The smallest absolute Gasteiger partial charge is 0.337 e. The highest BCUT2D eigenvalue weighted by atomic mass is 16.5. The average molecular weight is 357 g/mol. The van der Waals surface area contributed by atoms with Gasteiger partial charge in [0.15, 0.2) is 18.1 Å². The van der Waals surface area contributed by atoms with Crippen molar-refractivity contribution >= 4 is 17.6 Å². The summed E-state index contributed by atoms with van der Waals surface area (Å²) in [5.41, 5.74) is 2.16. The molecular formula is C20H23NO5. The summed E-state index contributed by atoms with van der Waals surface area (Å²) in [6, 6.07) is 12.3. The van der Waals surface area contributed by atoms with Crippen LogP contribution in [0.4, 0.5) is 5.69 Å². The quantitative estimate of drug-likeness (QED) is 0.766. The zero-order valence-corrected chi connectivity index (χ0v) is 15.4. The van der Waals surface area contributed by atoms with Crippen LogP contribution in [0.2, 0.25) is 0 Å². The van der Waals surface area contributed by atoms with E-state index in [4.69, 9.17) is 9.47 Å². The molecule has 6 nitrogen and oxygen atoms in total. The van der Waals surface area contributed by atoms with Gasteiger partial charge in [-0.25, -0.2) is 4.79 Å². The number of para-hydroxylation sites is 1. The standard InChI is InChI=1S/C20H23NO5/c1-13(2)15-7-5-6-8-16(15)21-19(22)12-26-17-10-9-14(20(23)25-4)11-18(17)24-3/h5-11,13H,12H2,1-4H3,(H,21,22). The molecule has 2 aromatic carbocycles. The van der Waals surface area contributed by atoms with Crippen LogP contribution in [0.3, 0.4) is 0 Å². The largest absolute Gasteiger partial charge is 0.493 e. The third-order valence-electron chi connectivity index (χ3n) is 3.80. The number of hydrogen-bond acceptors (Lipinski definition) is 5. The van der Waals surface area contributed by atoms with Gasteiger partial charge in [0, 0.05) is 5.69 Å². The molecule has 0 aromatic heterocycles. The Labute approximate surface area is 153 Å². The summed E-state index contributed by atoms with van der Waals surface area (Å²) >= 11 is 0. The van der Waals surface area contributed by atoms with Gasteiger partial charge < -0.3 is 19.5 Å². The van der Waals surface area contributed by atoms with Crippen molar-refractivity contribution in [3.8, 4) is 11.5 Å². The van der Waals surface area contributed by atoms with Gasteiger partial charge in [0.25, 0.3) is 5.91 Å². The number of nitrogens with one attached hydrogen (secondary N) is 1. The third kappa shape index (κ3) is 4.75. The van der Waals surface area contributed by atoms with Crippen molar-refractivity contribution in [1.82, 2.24) is 0 Å². The second-order valence-corrected chi connectivity index (χ2v) is 5.94. The number of rotatable bonds is 7. The molecule has 138 valence electrons. The van der Waals surface area contributed by atoms with E-state index in [0.29, 0.717) is 23.0 Å². The van der Waals surface area contributed by atoms with Gasteiger partial charge in [0.1, 0.15) is 0 Å². The predicted molar refractivity (Wildman–Crippen MR) is 99.0 cm³/mol. The molecule has 0 aliphatic carbocycles. The van der Waals surface area contributed by atoms with E-state index in [1.165, 1.54) is 20.3 Å². The Bertz CT molecular complexity index is 786. The lowest BCUT2D eigenvalue weighted by Crippen LogP contribution is -2.21.